The minimum Gasteiger partial charge on any atom is -0.0936 e. The van der Waals surface area contributed by atoms with Crippen LogP contribution in [0.3, 0.4) is 0 Å². The fourth-order valence-corrected chi connectivity index (χ4v) is 2.81. The Kier molecular flexibility index (Phi) is 2.35. The molecule has 0 saturated carbocycles. The zero-order valence-corrected chi connectivity index (χ0v) is 10.0. The molecule has 0 fully saturated rings. The van der Waals surface area contributed by atoms with E-state index in [0.717, 1.165) is 6.07 Å². The monoisotopic (exact) mass is 364 g/mol. The van der Waals surface area contributed by atoms with Crippen molar-refractivity contribution in [3.8, 4) is 0 Å². The van der Waals surface area contributed by atoms with Crippen molar-refractivity contribution >= 4 is 44.4 Å². The first kappa shape index (κ1) is 12.3. The van der Waals surface area contributed by atoms with Crippen LogP contribution in [0.1, 0.15) is 0 Å². The summed E-state index contributed by atoms with van der Waals surface area (Å²) in [7, 11) is -9.65. The maximum absolute atomic E-state index is 12.3. The lowest BCUT2D eigenvalue weighted by Gasteiger charge is -2.41. The molecule has 0 saturated heterocycles. The van der Waals surface area contributed by atoms with Crippen molar-refractivity contribution in [1.29, 1.82) is 0 Å². The van der Waals surface area contributed by atoms with Crippen LogP contribution in [0, 0.1) is 3.57 Å². The van der Waals surface area contributed by atoms with Gasteiger partial charge < -0.3 is 0 Å². The molecule has 0 spiro atoms. The Morgan fingerprint density at radius 3 is 1.93 bits per heavy atom. The molecule has 0 heterocycles. The summed E-state index contributed by atoms with van der Waals surface area (Å²) in [6.45, 7) is 0. The van der Waals surface area contributed by atoms with E-state index >= 15 is 0 Å². The molecule has 0 aliphatic rings. The average Bonchev–Trinajstić information content (AvgIpc) is 1.89. The molecule has 0 aliphatic carbocycles. The molecular weight excluding hydrogens is 361 g/mol. The molecule has 8 heteroatoms. The van der Waals surface area contributed by atoms with Gasteiger partial charge in [-0.1, -0.05) is 37.1 Å². The van der Waals surface area contributed by atoms with Gasteiger partial charge in [0.25, 0.3) is 0 Å². The third kappa shape index (κ3) is 2.63. The van der Waals surface area contributed by atoms with Gasteiger partial charge >= 0.3 is 10.2 Å². The number of hydrogen-bond acceptors (Lipinski definition) is 0. The second kappa shape index (κ2) is 2.67. The van der Waals surface area contributed by atoms with Crippen LogP contribution in [0.2, 0.25) is 5.02 Å². The molecule has 1 aromatic carbocycles. The first-order valence-electron chi connectivity index (χ1n) is 3.10. The first-order valence-corrected chi connectivity index (χ1v) is 6.51. The Balaban J connectivity index is 3.59. The summed E-state index contributed by atoms with van der Waals surface area (Å²) in [6, 6.07) is 2.39. The van der Waals surface area contributed by atoms with Gasteiger partial charge in [-0.25, -0.2) is 0 Å². The van der Waals surface area contributed by atoms with E-state index in [9.17, 15) is 19.4 Å². The SMILES string of the molecule is FS(F)(F)(F)(F)c1cccc(I)c1Cl. The van der Waals surface area contributed by atoms with Crippen LogP contribution in [0.15, 0.2) is 23.1 Å². The third-order valence-corrected chi connectivity index (χ3v) is 4.24. The van der Waals surface area contributed by atoms with E-state index in [1.54, 1.807) is 0 Å². The molecule has 1 rings (SSSR count). The van der Waals surface area contributed by atoms with Crippen molar-refractivity contribution in [2.24, 2.45) is 0 Å². The smallest absolute Gasteiger partial charge is 0.0936 e. The van der Waals surface area contributed by atoms with Gasteiger partial charge in [0.1, 0.15) is 4.90 Å². The Labute approximate surface area is 95.3 Å². The van der Waals surface area contributed by atoms with Gasteiger partial charge in [-0.2, -0.15) is 0 Å². The highest BCUT2D eigenvalue weighted by Crippen LogP contribution is 3.02. The molecule has 14 heavy (non-hydrogen) atoms. The number of hydrogen-bond donors (Lipinski definition) is 0. The largest absolute Gasteiger partial charge is 0.311 e. The van der Waals surface area contributed by atoms with E-state index in [2.05, 4.69) is 0 Å². The van der Waals surface area contributed by atoms with Crippen molar-refractivity contribution in [2.75, 3.05) is 0 Å². The lowest BCUT2D eigenvalue weighted by Crippen LogP contribution is -2.07. The third-order valence-electron chi connectivity index (χ3n) is 1.33. The highest BCUT2D eigenvalue weighted by Gasteiger charge is 2.66. The summed E-state index contributed by atoms with van der Waals surface area (Å²) < 4.78 is 61.4. The highest BCUT2D eigenvalue weighted by atomic mass is 127. The Morgan fingerprint density at radius 1 is 1.07 bits per heavy atom. The zero-order chi connectivity index (χ0) is 11.3. The van der Waals surface area contributed by atoms with Crippen molar-refractivity contribution in [1.82, 2.24) is 0 Å². The van der Waals surface area contributed by atoms with Gasteiger partial charge in [-0.05, 0) is 34.7 Å². The highest BCUT2D eigenvalue weighted by molar-refractivity contribution is 14.1. The molecular formula is C6H3ClF5IS. The van der Waals surface area contributed by atoms with Gasteiger partial charge in [0, 0.05) is 3.57 Å². The van der Waals surface area contributed by atoms with E-state index in [1.165, 1.54) is 28.7 Å². The molecule has 0 bridgehead atoms. The average molecular weight is 365 g/mol. The molecule has 0 N–H and O–H groups in total. The summed E-state index contributed by atoms with van der Waals surface area (Å²) in [5, 5.41) is -0.952. The van der Waals surface area contributed by atoms with Gasteiger partial charge in [0.05, 0.1) is 5.02 Å². The van der Waals surface area contributed by atoms with Crippen molar-refractivity contribution in [3.05, 3.63) is 26.8 Å². The van der Waals surface area contributed by atoms with Crippen LogP contribution >= 0.6 is 44.4 Å². The quantitative estimate of drug-likeness (QED) is 0.449. The lowest BCUT2D eigenvalue weighted by atomic mass is 10.4. The van der Waals surface area contributed by atoms with Crippen LogP contribution in [-0.2, 0) is 0 Å². The number of benzene rings is 1. The van der Waals surface area contributed by atoms with Gasteiger partial charge in [0.2, 0.25) is 0 Å². The Bertz CT molecular complexity index is 386. The molecule has 0 aromatic heterocycles. The molecule has 0 radical (unpaired) electrons. The maximum Gasteiger partial charge on any atom is 0.311 e. The molecule has 1 aromatic rings. The van der Waals surface area contributed by atoms with Crippen LogP contribution in [-0.4, -0.2) is 0 Å². The Morgan fingerprint density at radius 2 is 1.57 bits per heavy atom. The van der Waals surface area contributed by atoms with E-state index in [1.807, 2.05) is 0 Å². The summed E-state index contributed by atoms with van der Waals surface area (Å²) in [4.78, 5) is -2.03. The maximum atomic E-state index is 12.3. The van der Waals surface area contributed by atoms with Crippen molar-refractivity contribution in [3.63, 3.8) is 0 Å². The predicted octanol–water partition coefficient (Wildman–Crippen LogP) is 5.60. The normalized spacial score (nSPS) is 17.4. The second-order valence-electron chi connectivity index (χ2n) is 2.52. The summed E-state index contributed by atoms with van der Waals surface area (Å²) in [6.07, 6.45) is 0. The predicted molar refractivity (Wildman–Crippen MR) is 55.6 cm³/mol. The fourth-order valence-electron chi connectivity index (χ4n) is 0.782. The van der Waals surface area contributed by atoms with Crippen LogP contribution < -0.4 is 0 Å². The first-order chi connectivity index (χ1) is 5.91. The minimum absolute atomic E-state index is 0.0602. The molecule has 0 aliphatic heterocycles. The number of halogens is 7. The lowest BCUT2D eigenvalue weighted by molar-refractivity contribution is 0.364. The van der Waals surface area contributed by atoms with Gasteiger partial charge in [-0.15, -0.1) is 0 Å². The Hall–Kier alpha value is 0.240. The molecule has 82 valence electrons. The minimum atomic E-state index is -9.65. The molecule has 0 unspecified atom stereocenters. The van der Waals surface area contributed by atoms with Gasteiger partial charge in [-0.3, -0.25) is 0 Å². The number of rotatable bonds is 1. The molecule has 0 nitrogen and oxygen atoms in total. The second-order valence-corrected chi connectivity index (χ2v) is 6.44. The van der Waals surface area contributed by atoms with E-state index in [4.69, 9.17) is 11.6 Å². The van der Waals surface area contributed by atoms with Crippen molar-refractivity contribution in [2.45, 2.75) is 4.90 Å². The summed E-state index contributed by atoms with van der Waals surface area (Å²) >= 11 is 6.64. The van der Waals surface area contributed by atoms with Crippen molar-refractivity contribution < 1.29 is 19.4 Å². The van der Waals surface area contributed by atoms with Gasteiger partial charge in [0.15, 0.2) is 0 Å². The van der Waals surface area contributed by atoms with E-state index < -0.39 is 20.1 Å². The summed E-state index contributed by atoms with van der Waals surface area (Å²) in [5.74, 6) is 0. The molecule has 0 amide bonds. The van der Waals surface area contributed by atoms with E-state index in [0.29, 0.717) is 0 Å². The fraction of sp³-hybridized carbons (Fsp3) is 0. The van der Waals surface area contributed by atoms with Crippen LogP contribution in [0.5, 0.6) is 0 Å². The van der Waals surface area contributed by atoms with Crippen LogP contribution in [0.4, 0.5) is 19.4 Å². The van der Waals surface area contributed by atoms with E-state index in [-0.39, 0.29) is 9.64 Å². The topological polar surface area (TPSA) is 0 Å². The molecule has 0 atom stereocenters. The van der Waals surface area contributed by atoms with Crippen LogP contribution in [0.25, 0.3) is 0 Å². The summed E-state index contributed by atoms with van der Waals surface area (Å²) in [5.41, 5.74) is 0. The zero-order valence-electron chi connectivity index (χ0n) is 6.29. The standard InChI is InChI=1S/C6H3ClF5IS/c7-6-4(13)2-1-3-5(6)14(8,9,10,11)12/h1-3H.